The van der Waals surface area contributed by atoms with Crippen molar-refractivity contribution < 1.29 is 4.39 Å². The van der Waals surface area contributed by atoms with Gasteiger partial charge in [-0.25, -0.2) is 4.39 Å². The van der Waals surface area contributed by atoms with Crippen molar-refractivity contribution in [3.8, 4) is 10.4 Å². The summed E-state index contributed by atoms with van der Waals surface area (Å²) in [5, 5.41) is 4.01. The van der Waals surface area contributed by atoms with E-state index in [0.717, 1.165) is 29.8 Å². The second-order valence-electron chi connectivity index (χ2n) is 4.74. The number of hydrogen-bond acceptors (Lipinski definition) is 2. The Kier molecular flexibility index (Phi) is 5.58. The van der Waals surface area contributed by atoms with E-state index in [1.807, 2.05) is 0 Å². The third-order valence-corrected chi connectivity index (χ3v) is 4.76. The maximum Gasteiger partial charge on any atom is 0.124 e. The zero-order valence-electron chi connectivity index (χ0n) is 11.7. The molecular formula is C16H19ClFNS. The minimum Gasteiger partial charge on any atom is -0.309 e. The van der Waals surface area contributed by atoms with E-state index in [2.05, 4.69) is 31.3 Å². The molecule has 1 atom stereocenters. The third kappa shape index (κ3) is 3.60. The Bertz CT molecular complexity index is 567. The number of hydrogen-bond donors (Lipinski definition) is 1. The molecule has 1 aromatic carbocycles. The lowest BCUT2D eigenvalue weighted by molar-refractivity contribution is 0.525. The summed E-state index contributed by atoms with van der Waals surface area (Å²) in [6, 6.07) is 9.14. The van der Waals surface area contributed by atoms with Gasteiger partial charge in [-0.3, -0.25) is 0 Å². The Morgan fingerprint density at radius 1 is 1.25 bits per heavy atom. The van der Waals surface area contributed by atoms with Gasteiger partial charge in [-0.15, -0.1) is 11.3 Å². The van der Waals surface area contributed by atoms with E-state index in [1.165, 1.54) is 17.0 Å². The van der Waals surface area contributed by atoms with E-state index in [9.17, 15) is 4.39 Å². The van der Waals surface area contributed by atoms with E-state index in [-0.39, 0.29) is 5.82 Å². The molecular weight excluding hydrogens is 293 g/mol. The molecule has 0 saturated heterocycles. The van der Waals surface area contributed by atoms with Gasteiger partial charge < -0.3 is 5.32 Å². The minimum absolute atomic E-state index is 0.299. The van der Waals surface area contributed by atoms with Gasteiger partial charge in [0.2, 0.25) is 0 Å². The molecule has 2 aromatic rings. The molecule has 4 heteroatoms. The van der Waals surface area contributed by atoms with Crippen LogP contribution >= 0.6 is 22.9 Å². The van der Waals surface area contributed by atoms with Crippen LogP contribution in [0.25, 0.3) is 10.4 Å². The number of rotatable bonds is 6. The first kappa shape index (κ1) is 15.5. The van der Waals surface area contributed by atoms with Crippen LogP contribution in [0.3, 0.4) is 0 Å². The van der Waals surface area contributed by atoms with Crippen LogP contribution in [0.5, 0.6) is 0 Å². The number of nitrogens with one attached hydrogen (secondary N) is 1. The molecule has 1 heterocycles. The normalized spacial score (nSPS) is 12.6. The zero-order chi connectivity index (χ0) is 14.5. The van der Waals surface area contributed by atoms with Gasteiger partial charge in [0.1, 0.15) is 5.82 Å². The summed E-state index contributed by atoms with van der Waals surface area (Å²) in [6.45, 7) is 5.36. The Morgan fingerprint density at radius 2 is 2.05 bits per heavy atom. The predicted octanol–water partition coefficient (Wildman–Crippen LogP) is 5.66. The predicted molar refractivity (Wildman–Crippen MR) is 86.0 cm³/mol. The van der Waals surface area contributed by atoms with Gasteiger partial charge in [0.25, 0.3) is 0 Å². The monoisotopic (exact) mass is 311 g/mol. The van der Waals surface area contributed by atoms with Crippen molar-refractivity contribution in [2.75, 3.05) is 6.54 Å². The Balaban J connectivity index is 2.23. The molecule has 0 saturated carbocycles. The summed E-state index contributed by atoms with van der Waals surface area (Å²) in [7, 11) is 0. The molecule has 0 aliphatic carbocycles. The summed E-state index contributed by atoms with van der Waals surface area (Å²) in [4.78, 5) is 2.39. The average Bonchev–Trinajstić information content (AvgIpc) is 2.89. The van der Waals surface area contributed by atoms with Crippen molar-refractivity contribution in [2.24, 2.45) is 0 Å². The molecule has 2 rings (SSSR count). The van der Waals surface area contributed by atoms with E-state index in [1.54, 1.807) is 17.4 Å². The highest BCUT2D eigenvalue weighted by molar-refractivity contribution is 7.15. The third-order valence-electron chi connectivity index (χ3n) is 3.22. The molecule has 0 aliphatic heterocycles. The van der Waals surface area contributed by atoms with Gasteiger partial charge in [-0.2, -0.15) is 0 Å². The summed E-state index contributed by atoms with van der Waals surface area (Å²) < 4.78 is 13.1. The fourth-order valence-corrected chi connectivity index (χ4v) is 3.67. The lowest BCUT2D eigenvalue weighted by atomic mass is 10.1. The quantitative estimate of drug-likeness (QED) is 0.726. The van der Waals surface area contributed by atoms with E-state index < -0.39 is 0 Å². The van der Waals surface area contributed by atoms with E-state index >= 15 is 0 Å². The Morgan fingerprint density at radius 3 is 2.70 bits per heavy atom. The fourth-order valence-electron chi connectivity index (χ4n) is 2.14. The lowest BCUT2D eigenvalue weighted by Crippen LogP contribution is -2.20. The summed E-state index contributed by atoms with van der Waals surface area (Å²) in [6.07, 6.45) is 2.18. The fraction of sp³-hybridized carbons (Fsp3) is 0.375. The highest BCUT2D eigenvalue weighted by atomic mass is 35.5. The SMILES string of the molecule is CCCNC(CC)c1ccc(-c2ccc(F)cc2Cl)s1. The van der Waals surface area contributed by atoms with Crippen molar-refractivity contribution in [3.05, 3.63) is 46.0 Å². The molecule has 1 nitrogen and oxygen atoms in total. The molecule has 20 heavy (non-hydrogen) atoms. The van der Waals surface area contributed by atoms with Crippen LogP contribution in [0.4, 0.5) is 4.39 Å². The molecule has 1 aromatic heterocycles. The van der Waals surface area contributed by atoms with Crippen molar-refractivity contribution in [2.45, 2.75) is 32.7 Å². The minimum atomic E-state index is -0.299. The molecule has 0 radical (unpaired) electrons. The van der Waals surface area contributed by atoms with Gasteiger partial charge in [0.05, 0.1) is 5.02 Å². The van der Waals surface area contributed by atoms with Gasteiger partial charge in [-0.05, 0) is 49.7 Å². The first-order valence-corrected chi connectivity index (χ1v) is 8.13. The van der Waals surface area contributed by atoms with Gasteiger partial charge in [-0.1, -0.05) is 25.4 Å². The molecule has 1 N–H and O–H groups in total. The van der Waals surface area contributed by atoms with Crippen LogP contribution in [0.2, 0.25) is 5.02 Å². The van der Waals surface area contributed by atoms with E-state index in [0.29, 0.717) is 11.1 Å². The van der Waals surface area contributed by atoms with Crippen molar-refractivity contribution in [1.82, 2.24) is 5.32 Å². The van der Waals surface area contributed by atoms with Crippen LogP contribution in [-0.4, -0.2) is 6.54 Å². The van der Waals surface area contributed by atoms with Gasteiger partial charge >= 0.3 is 0 Å². The molecule has 0 bridgehead atoms. The van der Waals surface area contributed by atoms with Gasteiger partial charge in [0.15, 0.2) is 0 Å². The van der Waals surface area contributed by atoms with Crippen molar-refractivity contribution >= 4 is 22.9 Å². The highest BCUT2D eigenvalue weighted by Gasteiger charge is 2.13. The second-order valence-corrected chi connectivity index (χ2v) is 6.26. The second kappa shape index (κ2) is 7.21. The van der Waals surface area contributed by atoms with Crippen LogP contribution in [0.15, 0.2) is 30.3 Å². The first-order valence-electron chi connectivity index (χ1n) is 6.94. The number of thiophene rings is 1. The van der Waals surface area contributed by atoms with Crippen LogP contribution in [0, 0.1) is 5.82 Å². The van der Waals surface area contributed by atoms with Crippen molar-refractivity contribution in [3.63, 3.8) is 0 Å². The zero-order valence-corrected chi connectivity index (χ0v) is 13.3. The van der Waals surface area contributed by atoms with Crippen LogP contribution in [-0.2, 0) is 0 Å². The summed E-state index contributed by atoms with van der Waals surface area (Å²) in [5.41, 5.74) is 0.898. The summed E-state index contributed by atoms with van der Waals surface area (Å²) >= 11 is 7.84. The number of halogens is 2. The van der Waals surface area contributed by atoms with Crippen molar-refractivity contribution in [1.29, 1.82) is 0 Å². The topological polar surface area (TPSA) is 12.0 Å². The standard InChI is InChI=1S/C16H19ClFNS/c1-3-9-19-14(4-2)16-8-7-15(20-16)12-6-5-11(18)10-13(12)17/h5-8,10,14,19H,3-4,9H2,1-2H3. The molecule has 0 fully saturated rings. The van der Waals surface area contributed by atoms with E-state index in [4.69, 9.17) is 11.6 Å². The highest BCUT2D eigenvalue weighted by Crippen LogP contribution is 2.36. The maximum atomic E-state index is 13.1. The molecule has 108 valence electrons. The molecule has 0 amide bonds. The average molecular weight is 312 g/mol. The first-order chi connectivity index (χ1) is 9.65. The van der Waals surface area contributed by atoms with Gasteiger partial charge in [0, 0.05) is 21.4 Å². The molecule has 0 aliphatic rings. The number of benzene rings is 1. The maximum absolute atomic E-state index is 13.1. The smallest absolute Gasteiger partial charge is 0.124 e. The summed E-state index contributed by atoms with van der Waals surface area (Å²) in [5.74, 6) is -0.299. The van der Waals surface area contributed by atoms with Crippen LogP contribution < -0.4 is 5.32 Å². The van der Waals surface area contributed by atoms with Crippen LogP contribution in [0.1, 0.15) is 37.6 Å². The molecule has 1 unspecified atom stereocenters. The molecule has 0 spiro atoms. The largest absolute Gasteiger partial charge is 0.309 e. The Labute approximate surface area is 128 Å². The lowest BCUT2D eigenvalue weighted by Gasteiger charge is -2.14. The Hall–Kier alpha value is -0.900.